The van der Waals surface area contributed by atoms with Gasteiger partial charge in [0.2, 0.25) is 0 Å². The number of ether oxygens (including phenoxy) is 2. The number of hydrogen-bond donors (Lipinski definition) is 0. The first-order valence-electron chi connectivity index (χ1n) is 3.89. The van der Waals surface area contributed by atoms with Crippen LogP contribution in [-0.2, 0) is 0 Å². The molecule has 0 N–H and O–H groups in total. The van der Waals surface area contributed by atoms with E-state index in [-0.39, 0.29) is 17.1 Å². The fraction of sp³-hybridized carbons (Fsp3) is 0.222. The van der Waals surface area contributed by atoms with Gasteiger partial charge in [-0.1, -0.05) is 0 Å². The average molecular weight is 200 g/mol. The molecule has 0 unspecified atom stereocenters. The summed E-state index contributed by atoms with van der Waals surface area (Å²) in [6.45, 7) is -0.805. The molecule has 0 spiro atoms. The quantitative estimate of drug-likeness (QED) is 0.649. The molecule has 0 amide bonds. The fourth-order valence-electron chi connectivity index (χ4n) is 1.15. The molecule has 74 valence electrons. The van der Waals surface area contributed by atoms with Crippen LogP contribution in [0.2, 0.25) is 0 Å². The fourth-order valence-corrected chi connectivity index (χ4v) is 1.15. The number of carbonyl (C=O) groups excluding carboxylic acids is 1. The minimum atomic E-state index is -3.32. The summed E-state index contributed by atoms with van der Waals surface area (Å²) < 4.78 is 34.5. The Bertz CT molecular complexity index is 376. The Morgan fingerprint density at radius 3 is 2.86 bits per heavy atom. The second kappa shape index (κ2) is 2.94. The average Bonchev–Trinajstić information content (AvgIpc) is 2.15. The predicted molar refractivity (Wildman–Crippen MR) is 42.9 cm³/mol. The van der Waals surface area contributed by atoms with Gasteiger partial charge in [-0.25, -0.2) is 0 Å². The molecule has 1 heterocycles. The maximum absolute atomic E-state index is 12.7. The highest BCUT2D eigenvalue weighted by atomic mass is 19.3. The van der Waals surface area contributed by atoms with E-state index < -0.39 is 12.7 Å². The van der Waals surface area contributed by atoms with Gasteiger partial charge < -0.3 is 9.47 Å². The van der Waals surface area contributed by atoms with Crippen LogP contribution in [0.3, 0.4) is 0 Å². The van der Waals surface area contributed by atoms with Gasteiger partial charge >= 0.3 is 6.11 Å². The van der Waals surface area contributed by atoms with Gasteiger partial charge in [0.1, 0.15) is 6.29 Å². The predicted octanol–water partition coefficient (Wildman–Crippen LogP) is 1.86. The van der Waals surface area contributed by atoms with Crippen molar-refractivity contribution in [3.8, 4) is 11.5 Å². The second-order valence-electron chi connectivity index (χ2n) is 2.85. The van der Waals surface area contributed by atoms with Crippen molar-refractivity contribution in [3.63, 3.8) is 0 Å². The van der Waals surface area contributed by atoms with Crippen molar-refractivity contribution in [2.45, 2.75) is 6.11 Å². The van der Waals surface area contributed by atoms with Crippen LogP contribution < -0.4 is 9.47 Å². The lowest BCUT2D eigenvalue weighted by Gasteiger charge is -2.25. The zero-order valence-corrected chi connectivity index (χ0v) is 7.00. The maximum atomic E-state index is 12.7. The third-order valence-corrected chi connectivity index (χ3v) is 1.76. The number of carbonyl (C=O) groups is 1. The third-order valence-electron chi connectivity index (χ3n) is 1.76. The minimum absolute atomic E-state index is 0.106. The smallest absolute Gasteiger partial charge is 0.433 e. The van der Waals surface area contributed by atoms with Crippen LogP contribution in [0.5, 0.6) is 11.5 Å². The van der Waals surface area contributed by atoms with Crippen molar-refractivity contribution in [1.82, 2.24) is 0 Å². The van der Waals surface area contributed by atoms with Gasteiger partial charge in [-0.15, -0.1) is 0 Å². The van der Waals surface area contributed by atoms with Gasteiger partial charge in [-0.05, 0) is 18.2 Å². The minimum Gasteiger partial charge on any atom is -0.479 e. The number of aldehydes is 1. The second-order valence-corrected chi connectivity index (χ2v) is 2.85. The van der Waals surface area contributed by atoms with E-state index in [2.05, 4.69) is 4.74 Å². The summed E-state index contributed by atoms with van der Waals surface area (Å²) in [4.78, 5) is 10.4. The van der Waals surface area contributed by atoms with Gasteiger partial charge in [-0.3, -0.25) is 4.79 Å². The molecule has 2 rings (SSSR count). The summed E-state index contributed by atoms with van der Waals surface area (Å²) in [5.74, 6) is 0.118. The first kappa shape index (κ1) is 8.93. The molecule has 0 saturated carbocycles. The van der Waals surface area contributed by atoms with Crippen molar-refractivity contribution in [1.29, 1.82) is 0 Å². The molecule has 0 atom stereocenters. The van der Waals surface area contributed by atoms with Gasteiger partial charge in [0, 0.05) is 5.56 Å². The molecule has 0 aromatic heterocycles. The lowest BCUT2D eigenvalue weighted by Crippen LogP contribution is -2.35. The standard InChI is InChI=1S/C9H6F2O3/c10-9(11)5-13-7-2-1-6(4-12)3-8(7)14-9/h1-4H,5H2. The van der Waals surface area contributed by atoms with Crippen LogP contribution >= 0.6 is 0 Å². The molecule has 1 aliphatic heterocycles. The molecule has 0 saturated heterocycles. The number of rotatable bonds is 1. The highest BCUT2D eigenvalue weighted by molar-refractivity contribution is 5.76. The van der Waals surface area contributed by atoms with E-state index in [4.69, 9.17) is 4.74 Å². The zero-order chi connectivity index (χ0) is 10.2. The summed E-state index contributed by atoms with van der Waals surface area (Å²) in [6, 6.07) is 4.11. The molecule has 0 fully saturated rings. The number of hydrogen-bond acceptors (Lipinski definition) is 3. The largest absolute Gasteiger partial charge is 0.479 e. The van der Waals surface area contributed by atoms with Crippen LogP contribution in [0.1, 0.15) is 10.4 Å². The van der Waals surface area contributed by atoms with Gasteiger partial charge in [0.25, 0.3) is 0 Å². The molecule has 1 aromatic carbocycles. The summed E-state index contributed by atoms with van der Waals surface area (Å²) in [6.07, 6.45) is -2.77. The Labute approximate surface area is 78.2 Å². The number of benzene rings is 1. The summed E-state index contributed by atoms with van der Waals surface area (Å²) in [5.41, 5.74) is 0.269. The van der Waals surface area contributed by atoms with Gasteiger partial charge in [0.05, 0.1) is 0 Å². The highest BCUT2D eigenvalue weighted by Gasteiger charge is 2.38. The third kappa shape index (κ3) is 1.53. The van der Waals surface area contributed by atoms with Gasteiger partial charge in [-0.2, -0.15) is 8.78 Å². The van der Waals surface area contributed by atoms with E-state index in [1.807, 2.05) is 0 Å². The van der Waals surface area contributed by atoms with E-state index >= 15 is 0 Å². The molecule has 0 radical (unpaired) electrons. The Morgan fingerprint density at radius 1 is 1.36 bits per heavy atom. The normalized spacial score (nSPS) is 17.6. The Kier molecular flexibility index (Phi) is 1.87. The molecule has 0 aliphatic carbocycles. The Balaban J connectivity index is 2.39. The number of fused-ring (bicyclic) bond motifs is 1. The molecule has 14 heavy (non-hydrogen) atoms. The lowest BCUT2D eigenvalue weighted by molar-refractivity contribution is -0.208. The summed E-state index contributed by atoms with van der Waals surface area (Å²) in [7, 11) is 0. The van der Waals surface area contributed by atoms with Crippen molar-refractivity contribution in [3.05, 3.63) is 23.8 Å². The first-order chi connectivity index (χ1) is 6.61. The van der Waals surface area contributed by atoms with Crippen LogP contribution in [0, 0.1) is 0 Å². The SMILES string of the molecule is O=Cc1ccc2c(c1)OC(F)(F)CO2. The highest BCUT2D eigenvalue weighted by Crippen LogP contribution is 2.36. The van der Waals surface area contributed by atoms with E-state index in [1.54, 1.807) is 0 Å². The topological polar surface area (TPSA) is 35.5 Å². The van der Waals surface area contributed by atoms with Crippen LogP contribution in [0.4, 0.5) is 8.78 Å². The van der Waals surface area contributed by atoms with Crippen molar-refractivity contribution in [2.24, 2.45) is 0 Å². The van der Waals surface area contributed by atoms with Crippen molar-refractivity contribution >= 4 is 6.29 Å². The van der Waals surface area contributed by atoms with Crippen molar-refractivity contribution < 1.29 is 23.0 Å². The van der Waals surface area contributed by atoms with Gasteiger partial charge in [0.15, 0.2) is 18.1 Å². The van der Waals surface area contributed by atoms with E-state index in [9.17, 15) is 13.6 Å². The number of alkyl halides is 2. The lowest BCUT2D eigenvalue weighted by atomic mass is 10.2. The van der Waals surface area contributed by atoms with Crippen LogP contribution in [0.15, 0.2) is 18.2 Å². The summed E-state index contributed by atoms with van der Waals surface area (Å²) >= 11 is 0. The molecule has 0 bridgehead atoms. The maximum Gasteiger partial charge on any atom is 0.433 e. The van der Waals surface area contributed by atoms with E-state index in [0.717, 1.165) is 0 Å². The van der Waals surface area contributed by atoms with E-state index in [0.29, 0.717) is 6.29 Å². The molecular weight excluding hydrogens is 194 g/mol. The Morgan fingerprint density at radius 2 is 2.14 bits per heavy atom. The first-order valence-corrected chi connectivity index (χ1v) is 3.89. The Hall–Kier alpha value is -1.65. The molecule has 1 aliphatic rings. The van der Waals surface area contributed by atoms with E-state index in [1.165, 1.54) is 18.2 Å². The van der Waals surface area contributed by atoms with Crippen LogP contribution in [0.25, 0.3) is 0 Å². The summed E-state index contributed by atoms with van der Waals surface area (Å²) in [5, 5.41) is 0. The zero-order valence-electron chi connectivity index (χ0n) is 7.00. The molecule has 5 heteroatoms. The molecular formula is C9H6F2O3. The monoisotopic (exact) mass is 200 g/mol. The molecule has 3 nitrogen and oxygen atoms in total. The number of halogens is 2. The van der Waals surface area contributed by atoms with Crippen LogP contribution in [-0.4, -0.2) is 19.0 Å². The molecule has 1 aromatic rings. The van der Waals surface area contributed by atoms with Crippen molar-refractivity contribution in [2.75, 3.05) is 6.61 Å².